The third kappa shape index (κ3) is 4.88. The summed E-state index contributed by atoms with van der Waals surface area (Å²) in [6, 6.07) is 21.5. The Hall–Kier alpha value is -2.29. The summed E-state index contributed by atoms with van der Waals surface area (Å²) in [4.78, 5) is 16.1. The monoisotopic (exact) mass is 577 g/mol. The number of aliphatic hydroxyl groups excluding tert-OH is 1. The van der Waals surface area contributed by atoms with Crippen molar-refractivity contribution in [2.75, 3.05) is 0 Å². The van der Waals surface area contributed by atoms with E-state index in [1.807, 2.05) is 30.3 Å². The molecule has 1 N–H and O–H groups in total. The van der Waals surface area contributed by atoms with Crippen molar-refractivity contribution in [2.45, 2.75) is 45.4 Å². The van der Waals surface area contributed by atoms with E-state index in [-0.39, 0.29) is 25.9 Å². The minimum absolute atomic E-state index is 0. The number of fused-ring (bicyclic) bond motifs is 2. The zero-order valence-electron chi connectivity index (χ0n) is 17.2. The summed E-state index contributed by atoms with van der Waals surface area (Å²) < 4.78 is 0. The van der Waals surface area contributed by atoms with Gasteiger partial charge >= 0.3 is 0 Å². The zero-order valence-corrected chi connectivity index (χ0v) is 19.5. The summed E-state index contributed by atoms with van der Waals surface area (Å²) in [5.41, 5.74) is 5.09. The van der Waals surface area contributed by atoms with Crippen LogP contribution in [0.25, 0.3) is 22.2 Å². The van der Waals surface area contributed by atoms with Crippen LogP contribution in [0.3, 0.4) is 0 Å². The van der Waals surface area contributed by atoms with Gasteiger partial charge in [0, 0.05) is 43.9 Å². The Morgan fingerprint density at radius 2 is 1.80 bits per heavy atom. The fraction of sp³-hybridized carbons (Fsp3) is 0.308. The zero-order chi connectivity index (χ0) is 20.2. The number of benzene rings is 2. The van der Waals surface area contributed by atoms with Crippen molar-refractivity contribution in [3.63, 3.8) is 0 Å². The minimum Gasteiger partial charge on any atom is -0.512 e. The number of hydrogen-bond acceptors (Lipinski definition) is 3. The van der Waals surface area contributed by atoms with Crippen LogP contribution >= 0.6 is 0 Å². The van der Waals surface area contributed by atoms with E-state index >= 15 is 0 Å². The number of carbonyl (C=O) groups is 1. The molecule has 2 aliphatic carbocycles. The molecule has 1 atom stereocenters. The van der Waals surface area contributed by atoms with Crippen LogP contribution in [0, 0.1) is 18.9 Å². The van der Waals surface area contributed by atoms with E-state index in [4.69, 9.17) is 0 Å². The number of aliphatic hydroxyl groups is 1. The van der Waals surface area contributed by atoms with Crippen molar-refractivity contribution in [2.24, 2.45) is 5.92 Å². The number of ketones is 1. The number of nitrogens with zero attached hydrogens (tertiary/aromatic N) is 1. The Morgan fingerprint density at radius 1 is 1.00 bits per heavy atom. The smallest absolute Gasteiger partial charge is 0.162 e. The fourth-order valence-electron chi connectivity index (χ4n) is 4.36. The summed E-state index contributed by atoms with van der Waals surface area (Å²) in [6.07, 6.45) is 5.64. The number of rotatable bonds is 1. The summed E-state index contributed by atoms with van der Waals surface area (Å²) in [7, 11) is 0. The van der Waals surface area contributed by atoms with Gasteiger partial charge in [0.2, 0.25) is 0 Å². The molecule has 3 aromatic rings. The van der Waals surface area contributed by atoms with Gasteiger partial charge in [-0.15, -0.1) is 35.9 Å². The summed E-state index contributed by atoms with van der Waals surface area (Å²) in [6.45, 7) is 2.11. The number of Topliss-reactive ketones (excluding diaryl/α,β-unsaturated/α-hetero) is 1. The van der Waals surface area contributed by atoms with Crippen molar-refractivity contribution >= 4 is 16.7 Å². The molecule has 3 nitrogen and oxygen atoms in total. The van der Waals surface area contributed by atoms with E-state index in [0.717, 1.165) is 54.5 Å². The minimum atomic E-state index is 0. The predicted molar refractivity (Wildman–Crippen MR) is 117 cm³/mol. The Balaban J connectivity index is 0.000000175. The first-order valence-electron chi connectivity index (χ1n) is 10.4. The van der Waals surface area contributed by atoms with E-state index in [2.05, 4.69) is 42.2 Å². The second kappa shape index (κ2) is 10.1. The molecule has 1 radical (unpaired) electrons. The normalized spacial score (nSPS) is 18.2. The molecule has 0 saturated heterocycles. The average Bonchev–Trinajstić information content (AvgIpc) is 2.75. The van der Waals surface area contributed by atoms with Gasteiger partial charge in [-0.2, -0.15) is 0 Å². The Kier molecular flexibility index (Phi) is 7.58. The van der Waals surface area contributed by atoms with E-state index < -0.39 is 0 Å². The number of allylic oxidation sites excluding steroid dienone is 2. The first-order chi connectivity index (χ1) is 14.1. The molecule has 157 valence electrons. The van der Waals surface area contributed by atoms with Gasteiger partial charge in [-0.3, -0.25) is 9.78 Å². The average molecular weight is 577 g/mol. The van der Waals surface area contributed by atoms with Gasteiger partial charge in [0.15, 0.2) is 5.78 Å². The predicted octanol–water partition coefficient (Wildman–Crippen LogP) is 6.36. The maximum absolute atomic E-state index is 11.4. The molecule has 2 aliphatic rings. The molecule has 1 heterocycles. The Bertz CT molecular complexity index is 1060. The molecular formula is C26H26IrNO2-. The third-order valence-electron chi connectivity index (χ3n) is 5.88. The first kappa shape index (κ1) is 22.4. The number of carbonyl (C=O) groups excluding carboxylic acids is 1. The quantitative estimate of drug-likeness (QED) is 0.343. The molecular weight excluding hydrogens is 551 g/mol. The first-order valence-corrected chi connectivity index (χ1v) is 10.4. The van der Waals surface area contributed by atoms with Gasteiger partial charge in [0.25, 0.3) is 0 Å². The van der Waals surface area contributed by atoms with Crippen LogP contribution in [0.15, 0.2) is 65.9 Å². The van der Waals surface area contributed by atoms with E-state index in [1.165, 1.54) is 10.9 Å². The standard InChI is InChI=1S/C16H12N.C10H14O2.Ir/c1-12-6-5-9-16-14(12)10-11-15(17-16)13-7-3-2-4-8-13;11-8-5-1-3-7-4-2-6-9(12)10(7)8;/h2-7,9-11H,1H3;7,11H,1-6H2;/q-1;;. The molecule has 30 heavy (non-hydrogen) atoms. The Morgan fingerprint density at radius 3 is 2.53 bits per heavy atom. The molecule has 1 fully saturated rings. The van der Waals surface area contributed by atoms with Gasteiger partial charge in [-0.25, -0.2) is 0 Å². The maximum Gasteiger partial charge on any atom is 0.162 e. The molecule has 5 rings (SSSR count). The molecule has 1 aromatic heterocycles. The van der Waals surface area contributed by atoms with Crippen LogP contribution < -0.4 is 0 Å². The molecule has 1 saturated carbocycles. The van der Waals surface area contributed by atoms with Crippen molar-refractivity contribution in [1.29, 1.82) is 0 Å². The fourth-order valence-corrected chi connectivity index (χ4v) is 4.36. The van der Waals surface area contributed by atoms with Gasteiger partial charge < -0.3 is 5.11 Å². The molecule has 4 heteroatoms. The second-order valence-electron chi connectivity index (χ2n) is 7.88. The van der Waals surface area contributed by atoms with E-state index in [1.54, 1.807) is 0 Å². The maximum atomic E-state index is 11.4. The number of pyridine rings is 1. The number of hydrogen-bond donors (Lipinski definition) is 1. The van der Waals surface area contributed by atoms with Crippen LogP contribution in [0.5, 0.6) is 0 Å². The van der Waals surface area contributed by atoms with E-state index in [9.17, 15) is 9.90 Å². The largest absolute Gasteiger partial charge is 0.512 e. The molecule has 0 spiro atoms. The Labute approximate surface area is 191 Å². The van der Waals surface area contributed by atoms with Crippen molar-refractivity contribution in [1.82, 2.24) is 4.98 Å². The van der Waals surface area contributed by atoms with Gasteiger partial charge in [0.1, 0.15) is 0 Å². The molecule has 1 unspecified atom stereocenters. The van der Waals surface area contributed by atoms with Crippen LogP contribution in [0.2, 0.25) is 0 Å². The number of aryl methyl sites for hydroxylation is 1. The van der Waals surface area contributed by atoms with Crippen molar-refractivity contribution in [3.8, 4) is 11.3 Å². The summed E-state index contributed by atoms with van der Waals surface area (Å²) in [5, 5.41) is 10.7. The SMILES string of the molecule is Cc1cccc2nc(-c3[c-]cccc3)ccc12.O=C1CCCC2CCCC(O)=C12.[Ir]. The van der Waals surface area contributed by atoms with Gasteiger partial charge in [-0.1, -0.05) is 24.3 Å². The molecule has 0 bridgehead atoms. The third-order valence-corrected chi connectivity index (χ3v) is 5.88. The molecule has 2 aromatic carbocycles. The topological polar surface area (TPSA) is 50.2 Å². The van der Waals surface area contributed by atoms with Gasteiger partial charge in [0.05, 0.1) is 11.3 Å². The van der Waals surface area contributed by atoms with Crippen LogP contribution in [-0.2, 0) is 24.9 Å². The van der Waals surface area contributed by atoms with Crippen LogP contribution in [0.1, 0.15) is 44.1 Å². The van der Waals surface area contributed by atoms with Gasteiger partial charge in [-0.05, 0) is 55.8 Å². The molecule has 0 aliphatic heterocycles. The summed E-state index contributed by atoms with van der Waals surface area (Å²) in [5.74, 6) is 0.972. The second-order valence-corrected chi connectivity index (χ2v) is 7.88. The van der Waals surface area contributed by atoms with Crippen molar-refractivity contribution in [3.05, 3.63) is 77.6 Å². The molecule has 0 amide bonds. The van der Waals surface area contributed by atoms with E-state index in [0.29, 0.717) is 18.1 Å². The number of aromatic nitrogens is 1. The summed E-state index contributed by atoms with van der Waals surface area (Å²) >= 11 is 0. The van der Waals surface area contributed by atoms with Crippen molar-refractivity contribution < 1.29 is 30.0 Å². The van der Waals surface area contributed by atoms with Crippen LogP contribution in [-0.4, -0.2) is 15.9 Å². The van der Waals surface area contributed by atoms with Crippen LogP contribution in [0.4, 0.5) is 0 Å².